The maximum atomic E-state index is 11.2. The lowest BCUT2D eigenvalue weighted by Crippen LogP contribution is -1.92. The van der Waals surface area contributed by atoms with Gasteiger partial charge in [-0.25, -0.2) is 0 Å². The fraction of sp³-hybridized carbons (Fsp3) is 0.292. The molecule has 0 heterocycles. The van der Waals surface area contributed by atoms with Crippen LogP contribution in [0.1, 0.15) is 47.2 Å². The first-order chi connectivity index (χ1) is 12.8. The number of fused-ring (bicyclic) bond motifs is 1. The van der Waals surface area contributed by atoms with Gasteiger partial charge in [0.2, 0.25) is 0 Å². The SMILES string of the molecule is COc1cccc(CCCCCCc2ccc(C=O)c3ccccc23)c1. The fourth-order valence-corrected chi connectivity index (χ4v) is 3.53. The molecule has 0 aromatic heterocycles. The minimum atomic E-state index is 0.780. The zero-order valence-corrected chi connectivity index (χ0v) is 15.4. The molecule has 0 unspecified atom stereocenters. The second kappa shape index (κ2) is 9.19. The number of hydrogen-bond donors (Lipinski definition) is 0. The van der Waals surface area contributed by atoms with Crippen molar-refractivity contribution in [1.29, 1.82) is 0 Å². The second-order valence-corrected chi connectivity index (χ2v) is 6.74. The number of ether oxygens (including phenoxy) is 1. The molecule has 0 aliphatic carbocycles. The quantitative estimate of drug-likeness (QED) is 0.350. The average Bonchev–Trinajstić information content (AvgIpc) is 2.70. The molecule has 3 rings (SSSR count). The summed E-state index contributed by atoms with van der Waals surface area (Å²) < 4.78 is 5.28. The van der Waals surface area contributed by atoms with E-state index in [2.05, 4.69) is 36.4 Å². The highest BCUT2D eigenvalue weighted by atomic mass is 16.5. The van der Waals surface area contributed by atoms with Crippen LogP contribution in [0.15, 0.2) is 60.7 Å². The van der Waals surface area contributed by atoms with Crippen molar-refractivity contribution in [3.05, 3.63) is 77.4 Å². The third-order valence-electron chi connectivity index (χ3n) is 4.97. The van der Waals surface area contributed by atoms with Crippen molar-refractivity contribution >= 4 is 17.1 Å². The lowest BCUT2D eigenvalue weighted by Gasteiger charge is -2.09. The summed E-state index contributed by atoms with van der Waals surface area (Å²) >= 11 is 0. The van der Waals surface area contributed by atoms with E-state index in [-0.39, 0.29) is 0 Å². The summed E-state index contributed by atoms with van der Waals surface area (Å²) in [6, 6.07) is 20.6. The number of rotatable bonds is 9. The molecule has 3 aromatic carbocycles. The van der Waals surface area contributed by atoms with Gasteiger partial charge in [0.15, 0.2) is 6.29 Å². The molecule has 134 valence electrons. The molecule has 0 amide bonds. The normalized spacial score (nSPS) is 10.8. The number of carbonyl (C=O) groups is 1. The second-order valence-electron chi connectivity index (χ2n) is 6.74. The van der Waals surface area contributed by atoms with Crippen LogP contribution in [0.25, 0.3) is 10.8 Å². The summed E-state index contributed by atoms with van der Waals surface area (Å²) in [4.78, 5) is 11.2. The minimum absolute atomic E-state index is 0.780. The van der Waals surface area contributed by atoms with E-state index in [0.717, 1.165) is 35.8 Å². The standard InChI is InChI=1S/C24H26O2/c1-26-22-12-8-10-19(17-22)9-4-2-3-5-11-20-15-16-21(18-25)24-14-7-6-13-23(20)24/h6-8,10,12-18H,2-5,9,11H2,1H3. The first kappa shape index (κ1) is 18.2. The van der Waals surface area contributed by atoms with Crippen LogP contribution >= 0.6 is 0 Å². The van der Waals surface area contributed by atoms with Gasteiger partial charge in [-0.05, 0) is 59.7 Å². The molecule has 2 nitrogen and oxygen atoms in total. The Morgan fingerprint density at radius 2 is 1.58 bits per heavy atom. The van der Waals surface area contributed by atoms with Gasteiger partial charge in [-0.3, -0.25) is 4.79 Å². The van der Waals surface area contributed by atoms with Crippen LogP contribution in [0.4, 0.5) is 0 Å². The summed E-state index contributed by atoms with van der Waals surface area (Å²) in [6.07, 6.45) is 7.98. The van der Waals surface area contributed by atoms with Crippen molar-refractivity contribution in [2.45, 2.75) is 38.5 Å². The summed E-state index contributed by atoms with van der Waals surface area (Å²) in [5.74, 6) is 0.938. The van der Waals surface area contributed by atoms with Gasteiger partial charge in [-0.2, -0.15) is 0 Å². The summed E-state index contributed by atoms with van der Waals surface area (Å²) in [5.41, 5.74) is 3.47. The zero-order valence-electron chi connectivity index (χ0n) is 15.4. The van der Waals surface area contributed by atoms with Crippen LogP contribution in [-0.4, -0.2) is 13.4 Å². The summed E-state index contributed by atoms with van der Waals surface area (Å²) in [5, 5.41) is 2.28. The number of unbranched alkanes of at least 4 members (excludes halogenated alkanes) is 3. The Balaban J connectivity index is 1.48. The number of benzene rings is 3. The lowest BCUT2D eigenvalue weighted by molar-refractivity contribution is 0.112. The monoisotopic (exact) mass is 346 g/mol. The Morgan fingerprint density at radius 1 is 0.808 bits per heavy atom. The first-order valence-corrected chi connectivity index (χ1v) is 9.40. The van der Waals surface area contributed by atoms with Gasteiger partial charge in [0.25, 0.3) is 0 Å². The maximum Gasteiger partial charge on any atom is 0.150 e. The molecule has 0 spiro atoms. The van der Waals surface area contributed by atoms with Gasteiger partial charge in [0, 0.05) is 5.56 Å². The van der Waals surface area contributed by atoms with Crippen molar-refractivity contribution in [2.24, 2.45) is 0 Å². The van der Waals surface area contributed by atoms with E-state index in [4.69, 9.17) is 4.74 Å². The van der Waals surface area contributed by atoms with E-state index in [1.807, 2.05) is 24.3 Å². The number of carbonyl (C=O) groups excluding carboxylic acids is 1. The van der Waals surface area contributed by atoms with Crippen molar-refractivity contribution in [2.75, 3.05) is 7.11 Å². The Hall–Kier alpha value is -2.61. The van der Waals surface area contributed by atoms with Gasteiger partial charge in [0.1, 0.15) is 5.75 Å². The van der Waals surface area contributed by atoms with Crippen molar-refractivity contribution < 1.29 is 9.53 Å². The number of aldehydes is 1. The molecule has 0 atom stereocenters. The number of hydrogen-bond acceptors (Lipinski definition) is 2. The Kier molecular flexibility index (Phi) is 6.43. The van der Waals surface area contributed by atoms with E-state index >= 15 is 0 Å². The van der Waals surface area contributed by atoms with E-state index < -0.39 is 0 Å². The highest BCUT2D eigenvalue weighted by Crippen LogP contribution is 2.24. The molecule has 0 fully saturated rings. The number of methoxy groups -OCH3 is 1. The molecule has 26 heavy (non-hydrogen) atoms. The third kappa shape index (κ3) is 4.51. The van der Waals surface area contributed by atoms with Crippen molar-refractivity contribution in [3.63, 3.8) is 0 Å². The summed E-state index contributed by atoms with van der Waals surface area (Å²) in [7, 11) is 1.71. The highest BCUT2D eigenvalue weighted by Gasteiger charge is 2.05. The van der Waals surface area contributed by atoms with Gasteiger partial charge < -0.3 is 4.74 Å². The Morgan fingerprint density at radius 3 is 2.35 bits per heavy atom. The lowest BCUT2D eigenvalue weighted by atomic mass is 9.96. The van der Waals surface area contributed by atoms with Crippen molar-refractivity contribution in [3.8, 4) is 5.75 Å². The molecule has 0 bridgehead atoms. The molecular formula is C24H26O2. The van der Waals surface area contributed by atoms with Gasteiger partial charge in [-0.1, -0.05) is 61.4 Å². The van der Waals surface area contributed by atoms with E-state index in [1.165, 1.54) is 42.2 Å². The first-order valence-electron chi connectivity index (χ1n) is 9.40. The van der Waals surface area contributed by atoms with Gasteiger partial charge >= 0.3 is 0 Å². The van der Waals surface area contributed by atoms with Crippen LogP contribution < -0.4 is 4.74 Å². The highest BCUT2D eigenvalue weighted by molar-refractivity contribution is 5.99. The van der Waals surface area contributed by atoms with Crippen molar-refractivity contribution in [1.82, 2.24) is 0 Å². The summed E-state index contributed by atoms with van der Waals surface area (Å²) in [6.45, 7) is 0. The van der Waals surface area contributed by atoms with Crippen LogP contribution in [0.5, 0.6) is 5.75 Å². The van der Waals surface area contributed by atoms with Crippen LogP contribution in [0.2, 0.25) is 0 Å². The van der Waals surface area contributed by atoms with Gasteiger partial charge in [0.05, 0.1) is 7.11 Å². The molecule has 0 aliphatic heterocycles. The molecular weight excluding hydrogens is 320 g/mol. The zero-order chi connectivity index (χ0) is 18.2. The molecule has 0 saturated heterocycles. The maximum absolute atomic E-state index is 11.2. The van der Waals surface area contributed by atoms with E-state index in [9.17, 15) is 4.79 Å². The molecule has 3 aromatic rings. The average molecular weight is 346 g/mol. The fourth-order valence-electron chi connectivity index (χ4n) is 3.53. The molecule has 0 N–H and O–H groups in total. The predicted molar refractivity (Wildman–Crippen MR) is 108 cm³/mol. The van der Waals surface area contributed by atoms with Crippen LogP contribution in [0.3, 0.4) is 0 Å². The van der Waals surface area contributed by atoms with Crippen LogP contribution in [-0.2, 0) is 12.8 Å². The van der Waals surface area contributed by atoms with E-state index in [1.54, 1.807) is 7.11 Å². The Bertz CT molecular complexity index is 867. The minimum Gasteiger partial charge on any atom is -0.497 e. The number of aryl methyl sites for hydroxylation is 2. The molecule has 2 heteroatoms. The molecule has 0 radical (unpaired) electrons. The Labute approximate surface area is 155 Å². The van der Waals surface area contributed by atoms with E-state index in [0.29, 0.717) is 0 Å². The smallest absolute Gasteiger partial charge is 0.150 e. The largest absolute Gasteiger partial charge is 0.497 e. The predicted octanol–water partition coefficient (Wildman–Crippen LogP) is 6.01. The van der Waals surface area contributed by atoms with Crippen LogP contribution in [0, 0.1) is 0 Å². The topological polar surface area (TPSA) is 26.3 Å². The molecule has 0 aliphatic rings. The molecule has 0 saturated carbocycles. The van der Waals surface area contributed by atoms with Gasteiger partial charge in [-0.15, -0.1) is 0 Å². The third-order valence-corrected chi connectivity index (χ3v) is 4.97.